The van der Waals surface area contributed by atoms with Gasteiger partial charge in [0, 0.05) is 32.9 Å². The molecule has 0 spiro atoms. The molecule has 1 aliphatic rings. The number of hydrogen-bond donors (Lipinski definition) is 2. The number of carbonyl (C=O) groups excluding carboxylic acids is 5. The number of ether oxygens (including phenoxy) is 9. The van der Waals surface area contributed by atoms with Gasteiger partial charge in [0.05, 0.1) is 99.1 Å². The van der Waals surface area contributed by atoms with Crippen LogP contribution in [0.25, 0.3) is 0 Å². The lowest BCUT2D eigenvalue weighted by Gasteiger charge is -2.24. The van der Waals surface area contributed by atoms with Crippen molar-refractivity contribution in [3.05, 3.63) is 0 Å². The fraction of sp³-hybridized carbons (Fsp3) is 0.833. The summed E-state index contributed by atoms with van der Waals surface area (Å²) >= 11 is 0. The van der Waals surface area contributed by atoms with Crippen molar-refractivity contribution in [1.82, 2.24) is 15.7 Å². The lowest BCUT2D eigenvalue weighted by molar-refractivity contribution is -0.198. The van der Waals surface area contributed by atoms with E-state index >= 15 is 0 Å². The Hall–Kier alpha value is -2.97. The third kappa shape index (κ3) is 23.4. The average Bonchev–Trinajstić information content (AvgIpc) is 3.34. The van der Waals surface area contributed by atoms with Crippen LogP contribution in [0.2, 0.25) is 0 Å². The molecule has 1 unspecified atom stereocenters. The van der Waals surface area contributed by atoms with Crippen molar-refractivity contribution in [2.24, 2.45) is 0 Å². The number of nitrogens with zero attached hydrogens (tertiary/aromatic N) is 1. The minimum absolute atomic E-state index is 0.0373. The molecule has 0 saturated carbocycles. The van der Waals surface area contributed by atoms with E-state index in [1.165, 1.54) is 0 Å². The maximum Gasteiger partial charge on any atom is 0.408 e. The topological polar surface area (TPSA) is 205 Å². The molecule has 1 aliphatic heterocycles. The molecule has 18 nitrogen and oxygen atoms in total. The highest BCUT2D eigenvalue weighted by Crippen LogP contribution is 2.13. The molecule has 1 fully saturated rings. The highest BCUT2D eigenvalue weighted by molar-refractivity contribution is 6.02. The van der Waals surface area contributed by atoms with Crippen LogP contribution in [-0.4, -0.2) is 159 Å². The highest BCUT2D eigenvalue weighted by Gasteiger charge is 2.36. The fourth-order valence-corrected chi connectivity index (χ4v) is 3.49. The quantitative estimate of drug-likeness (QED) is 0.0765. The Morgan fingerprint density at radius 1 is 0.667 bits per heavy atom. The first-order valence-corrected chi connectivity index (χ1v) is 15.9. The van der Waals surface area contributed by atoms with Crippen LogP contribution >= 0.6 is 0 Å². The Balaban J connectivity index is 2.04. The number of hydrogen-bond acceptors (Lipinski definition) is 15. The second-order valence-corrected chi connectivity index (χ2v) is 11.0. The summed E-state index contributed by atoms with van der Waals surface area (Å²) in [4.78, 5) is 65.6. The molecule has 4 amide bonds. The van der Waals surface area contributed by atoms with Gasteiger partial charge in [0.1, 0.15) is 11.6 Å². The van der Waals surface area contributed by atoms with E-state index in [4.69, 9.17) is 47.5 Å². The Kier molecular flexibility index (Phi) is 24.1. The predicted octanol–water partition coefficient (Wildman–Crippen LogP) is -0.244. The summed E-state index contributed by atoms with van der Waals surface area (Å²) in [5.74, 6) is -2.95. The first-order valence-electron chi connectivity index (χ1n) is 15.9. The van der Waals surface area contributed by atoms with Crippen molar-refractivity contribution in [1.29, 1.82) is 0 Å². The number of methoxy groups -OCH3 is 1. The maximum atomic E-state index is 12.6. The van der Waals surface area contributed by atoms with Gasteiger partial charge >= 0.3 is 12.1 Å². The van der Waals surface area contributed by atoms with Gasteiger partial charge in [-0.3, -0.25) is 14.4 Å². The van der Waals surface area contributed by atoms with Gasteiger partial charge in [0.2, 0.25) is 5.91 Å². The van der Waals surface area contributed by atoms with Gasteiger partial charge in [-0.15, -0.1) is 5.06 Å². The van der Waals surface area contributed by atoms with E-state index < -0.39 is 41.4 Å². The highest BCUT2D eigenvalue weighted by atomic mass is 16.7. The molecule has 0 radical (unpaired) electrons. The van der Waals surface area contributed by atoms with E-state index in [9.17, 15) is 24.0 Å². The van der Waals surface area contributed by atoms with Gasteiger partial charge in [-0.2, -0.15) is 0 Å². The Morgan fingerprint density at radius 3 is 1.46 bits per heavy atom. The second kappa shape index (κ2) is 26.9. The molecule has 1 heterocycles. The molecule has 1 atom stereocenters. The van der Waals surface area contributed by atoms with Crippen molar-refractivity contribution in [2.75, 3.05) is 113 Å². The number of amides is 4. The molecular weight excluding hydrogens is 642 g/mol. The monoisotopic (exact) mass is 695 g/mol. The van der Waals surface area contributed by atoms with Gasteiger partial charge < -0.3 is 58.1 Å². The van der Waals surface area contributed by atoms with Crippen LogP contribution in [0.3, 0.4) is 0 Å². The molecular formula is C30H53N3O15. The summed E-state index contributed by atoms with van der Waals surface area (Å²) in [7, 11) is 1.62. The molecule has 2 N–H and O–H groups in total. The minimum Gasteiger partial charge on any atom is -0.444 e. The number of rotatable bonds is 29. The van der Waals surface area contributed by atoms with Crippen molar-refractivity contribution < 1.29 is 71.4 Å². The average molecular weight is 696 g/mol. The number of hydroxylamine groups is 2. The smallest absolute Gasteiger partial charge is 0.408 e. The van der Waals surface area contributed by atoms with Crippen LogP contribution in [0.1, 0.15) is 40.0 Å². The molecule has 278 valence electrons. The Labute approximate surface area is 281 Å². The van der Waals surface area contributed by atoms with Crippen LogP contribution in [0, 0.1) is 0 Å². The Morgan fingerprint density at radius 2 is 1.06 bits per heavy atom. The number of carbonyl (C=O) groups is 5. The molecule has 0 aromatic heterocycles. The van der Waals surface area contributed by atoms with E-state index in [2.05, 4.69) is 10.6 Å². The van der Waals surface area contributed by atoms with Gasteiger partial charge in [-0.1, -0.05) is 0 Å². The van der Waals surface area contributed by atoms with Crippen molar-refractivity contribution in [2.45, 2.75) is 51.7 Å². The number of alkyl carbamates (subject to hydrolysis) is 1. The first kappa shape index (κ1) is 43.1. The standard InChI is InChI=1S/C30H53N3O15/c1-30(2,3)47-29(38)32-24(28(37)48-33-26(35)5-6-27(33)36)23-31-25(34)7-8-40-11-12-42-15-16-44-19-20-46-22-21-45-18-17-43-14-13-41-10-9-39-4/h24H,5-23H2,1-4H3,(H,31,34)(H,32,38). The second-order valence-electron chi connectivity index (χ2n) is 11.0. The van der Waals surface area contributed by atoms with Crippen LogP contribution < -0.4 is 10.6 Å². The lowest BCUT2D eigenvalue weighted by atomic mass is 10.2. The van der Waals surface area contributed by atoms with Crippen molar-refractivity contribution in [3.8, 4) is 0 Å². The number of imide groups is 1. The molecule has 0 aromatic carbocycles. The molecule has 1 saturated heterocycles. The van der Waals surface area contributed by atoms with Gasteiger partial charge in [0.25, 0.3) is 11.8 Å². The summed E-state index contributed by atoms with van der Waals surface area (Å²) in [6, 6.07) is -1.43. The maximum absolute atomic E-state index is 12.6. The normalized spacial score (nSPS) is 13.9. The van der Waals surface area contributed by atoms with E-state index in [0.717, 1.165) is 0 Å². The molecule has 48 heavy (non-hydrogen) atoms. The predicted molar refractivity (Wildman–Crippen MR) is 166 cm³/mol. The summed E-state index contributed by atoms with van der Waals surface area (Å²) in [5, 5.41) is 5.13. The van der Waals surface area contributed by atoms with Crippen LogP contribution in [-0.2, 0) is 66.6 Å². The van der Waals surface area contributed by atoms with Crippen LogP contribution in [0.4, 0.5) is 4.79 Å². The third-order valence-electron chi connectivity index (χ3n) is 5.80. The zero-order valence-electron chi connectivity index (χ0n) is 28.6. The van der Waals surface area contributed by atoms with E-state index in [0.29, 0.717) is 91.0 Å². The van der Waals surface area contributed by atoms with E-state index in [-0.39, 0.29) is 39.0 Å². The van der Waals surface area contributed by atoms with Crippen molar-refractivity contribution in [3.63, 3.8) is 0 Å². The zero-order valence-corrected chi connectivity index (χ0v) is 28.6. The molecule has 0 aliphatic carbocycles. The molecule has 0 bridgehead atoms. The Bertz CT molecular complexity index is 916. The van der Waals surface area contributed by atoms with Crippen molar-refractivity contribution >= 4 is 29.8 Å². The molecule has 18 heteroatoms. The van der Waals surface area contributed by atoms with Gasteiger partial charge in [-0.05, 0) is 20.8 Å². The zero-order chi connectivity index (χ0) is 35.5. The van der Waals surface area contributed by atoms with Gasteiger partial charge in [-0.25, -0.2) is 9.59 Å². The summed E-state index contributed by atoms with van der Waals surface area (Å²) in [6.07, 6.45) is -1.17. The third-order valence-corrected chi connectivity index (χ3v) is 5.80. The minimum atomic E-state index is -1.43. The van der Waals surface area contributed by atoms with Gasteiger partial charge in [0.15, 0.2) is 0 Å². The van der Waals surface area contributed by atoms with Crippen LogP contribution in [0.15, 0.2) is 0 Å². The van der Waals surface area contributed by atoms with Crippen LogP contribution in [0.5, 0.6) is 0 Å². The van der Waals surface area contributed by atoms with E-state index in [1.807, 2.05) is 0 Å². The molecule has 1 rings (SSSR count). The fourth-order valence-electron chi connectivity index (χ4n) is 3.49. The molecule has 0 aromatic rings. The lowest BCUT2D eigenvalue weighted by Crippen LogP contribution is -2.52. The van der Waals surface area contributed by atoms with E-state index in [1.54, 1.807) is 27.9 Å². The SMILES string of the molecule is COCCOCCOCCOCCOCCOCCOCCOCCC(=O)NCC(NC(=O)OC(C)(C)C)C(=O)ON1C(=O)CCC1=O. The largest absolute Gasteiger partial charge is 0.444 e. The summed E-state index contributed by atoms with van der Waals surface area (Å²) < 4.78 is 47.8. The first-order chi connectivity index (χ1) is 23.0. The number of nitrogens with one attached hydrogen (secondary N) is 2. The summed E-state index contributed by atoms with van der Waals surface area (Å²) in [5.41, 5.74) is -0.861. The summed E-state index contributed by atoms with van der Waals surface area (Å²) in [6.45, 7) is 10.8.